The van der Waals surface area contributed by atoms with E-state index in [0.717, 1.165) is 25.2 Å². The second kappa shape index (κ2) is 6.90. The smallest absolute Gasteiger partial charge is 0.128 e. The van der Waals surface area contributed by atoms with Gasteiger partial charge in [0.25, 0.3) is 0 Å². The number of anilines is 1. The molecule has 0 amide bonds. The van der Waals surface area contributed by atoms with Crippen LogP contribution in [0.15, 0.2) is 18.3 Å². The Morgan fingerprint density at radius 1 is 1.37 bits per heavy atom. The van der Waals surface area contributed by atoms with E-state index in [2.05, 4.69) is 69.0 Å². The molecule has 1 heterocycles. The van der Waals surface area contributed by atoms with Crippen molar-refractivity contribution in [3.05, 3.63) is 23.9 Å². The Kier molecular flexibility index (Phi) is 5.80. The summed E-state index contributed by atoms with van der Waals surface area (Å²) in [7, 11) is 2.12. The van der Waals surface area contributed by atoms with Gasteiger partial charge in [0, 0.05) is 24.8 Å². The maximum atomic E-state index is 4.51. The quantitative estimate of drug-likeness (QED) is 0.811. The number of rotatable bonds is 7. The average Bonchev–Trinajstić information content (AvgIpc) is 2.43. The van der Waals surface area contributed by atoms with Gasteiger partial charge in [-0.2, -0.15) is 0 Å². The number of nitrogens with one attached hydrogen (secondary N) is 1. The summed E-state index contributed by atoms with van der Waals surface area (Å²) < 4.78 is 0. The van der Waals surface area contributed by atoms with Crippen molar-refractivity contribution in [2.24, 2.45) is 0 Å². The van der Waals surface area contributed by atoms with E-state index in [-0.39, 0.29) is 5.54 Å². The Bertz CT molecular complexity index is 387. The van der Waals surface area contributed by atoms with Crippen molar-refractivity contribution in [1.82, 2.24) is 10.3 Å². The molecule has 0 aliphatic carbocycles. The second-order valence-electron chi connectivity index (χ2n) is 5.85. The molecule has 108 valence electrons. The lowest BCUT2D eigenvalue weighted by Crippen LogP contribution is -2.41. The number of nitrogens with zero attached hydrogens (tertiary/aromatic N) is 2. The van der Waals surface area contributed by atoms with E-state index in [9.17, 15) is 0 Å². The first-order chi connectivity index (χ1) is 8.92. The Morgan fingerprint density at radius 2 is 2.05 bits per heavy atom. The van der Waals surface area contributed by atoms with Crippen molar-refractivity contribution in [1.29, 1.82) is 0 Å². The minimum Gasteiger partial charge on any atom is -0.355 e. The highest BCUT2D eigenvalue weighted by Crippen LogP contribution is 2.25. The number of hydrogen-bond acceptors (Lipinski definition) is 3. The molecular weight excluding hydrogens is 234 g/mol. The van der Waals surface area contributed by atoms with Gasteiger partial charge < -0.3 is 10.2 Å². The van der Waals surface area contributed by atoms with E-state index in [0.29, 0.717) is 6.04 Å². The van der Waals surface area contributed by atoms with Gasteiger partial charge in [-0.05, 0) is 57.9 Å². The van der Waals surface area contributed by atoms with Crippen molar-refractivity contribution in [2.75, 3.05) is 18.5 Å². The largest absolute Gasteiger partial charge is 0.355 e. The van der Waals surface area contributed by atoms with Gasteiger partial charge in [-0.3, -0.25) is 0 Å². The van der Waals surface area contributed by atoms with Gasteiger partial charge in [-0.25, -0.2) is 4.98 Å². The van der Waals surface area contributed by atoms with Gasteiger partial charge in [0.05, 0.1) is 0 Å². The van der Waals surface area contributed by atoms with Crippen LogP contribution in [-0.2, 0) is 0 Å². The van der Waals surface area contributed by atoms with Crippen LogP contribution >= 0.6 is 0 Å². The van der Waals surface area contributed by atoms with E-state index in [1.165, 1.54) is 5.56 Å². The van der Waals surface area contributed by atoms with Crippen LogP contribution in [0.1, 0.15) is 59.1 Å². The van der Waals surface area contributed by atoms with Gasteiger partial charge in [-0.1, -0.05) is 13.8 Å². The zero-order chi connectivity index (χ0) is 14.5. The average molecular weight is 263 g/mol. The molecule has 0 fully saturated rings. The third-order valence-electron chi connectivity index (χ3n) is 4.09. The molecule has 0 radical (unpaired) electrons. The van der Waals surface area contributed by atoms with Crippen LogP contribution in [0.25, 0.3) is 0 Å². The molecule has 0 saturated heterocycles. The van der Waals surface area contributed by atoms with E-state index >= 15 is 0 Å². The Labute approximate surface area is 118 Å². The summed E-state index contributed by atoms with van der Waals surface area (Å²) >= 11 is 0. The monoisotopic (exact) mass is 263 g/mol. The van der Waals surface area contributed by atoms with Gasteiger partial charge >= 0.3 is 0 Å². The van der Waals surface area contributed by atoms with Crippen LogP contribution in [0, 0.1) is 0 Å². The summed E-state index contributed by atoms with van der Waals surface area (Å²) in [5, 5.41) is 3.52. The predicted octanol–water partition coefficient (Wildman–Crippen LogP) is 3.77. The number of pyridine rings is 1. The summed E-state index contributed by atoms with van der Waals surface area (Å²) in [6, 6.07) is 4.67. The molecule has 0 aromatic carbocycles. The lowest BCUT2D eigenvalue weighted by atomic mass is 9.99. The first kappa shape index (κ1) is 16.0. The molecule has 19 heavy (non-hydrogen) atoms. The van der Waals surface area contributed by atoms with Gasteiger partial charge in [0.1, 0.15) is 5.82 Å². The molecule has 1 aromatic heterocycles. The van der Waals surface area contributed by atoms with Crippen molar-refractivity contribution in [3.8, 4) is 0 Å². The SMILES string of the molecule is CCCNC(C)c1ccnc(N(C)C(C)(C)CC)c1. The first-order valence-electron chi connectivity index (χ1n) is 7.35. The lowest BCUT2D eigenvalue weighted by Gasteiger charge is -2.36. The molecule has 1 N–H and O–H groups in total. The number of hydrogen-bond donors (Lipinski definition) is 1. The van der Waals surface area contributed by atoms with Crippen molar-refractivity contribution < 1.29 is 0 Å². The molecule has 0 bridgehead atoms. The van der Waals surface area contributed by atoms with Crippen molar-refractivity contribution in [3.63, 3.8) is 0 Å². The van der Waals surface area contributed by atoms with Gasteiger partial charge in [0.2, 0.25) is 0 Å². The maximum Gasteiger partial charge on any atom is 0.128 e. The zero-order valence-electron chi connectivity index (χ0n) is 13.3. The molecule has 0 saturated carbocycles. The summed E-state index contributed by atoms with van der Waals surface area (Å²) in [5.41, 5.74) is 1.43. The van der Waals surface area contributed by atoms with Gasteiger partial charge in [0.15, 0.2) is 0 Å². The molecule has 1 rings (SSSR count). The van der Waals surface area contributed by atoms with E-state index in [4.69, 9.17) is 0 Å². The molecular formula is C16H29N3. The van der Waals surface area contributed by atoms with Crippen LogP contribution in [0.3, 0.4) is 0 Å². The normalized spacial score (nSPS) is 13.4. The predicted molar refractivity (Wildman–Crippen MR) is 83.7 cm³/mol. The fraction of sp³-hybridized carbons (Fsp3) is 0.688. The van der Waals surface area contributed by atoms with Crippen LogP contribution in [0.5, 0.6) is 0 Å². The van der Waals surface area contributed by atoms with Gasteiger partial charge in [-0.15, -0.1) is 0 Å². The molecule has 3 nitrogen and oxygen atoms in total. The zero-order valence-corrected chi connectivity index (χ0v) is 13.3. The van der Waals surface area contributed by atoms with E-state index < -0.39 is 0 Å². The molecule has 1 unspecified atom stereocenters. The van der Waals surface area contributed by atoms with Crippen LogP contribution in [-0.4, -0.2) is 24.1 Å². The molecule has 3 heteroatoms. The van der Waals surface area contributed by atoms with Crippen molar-refractivity contribution in [2.45, 2.75) is 59.0 Å². The highest BCUT2D eigenvalue weighted by molar-refractivity contribution is 5.43. The fourth-order valence-electron chi connectivity index (χ4n) is 1.91. The lowest BCUT2D eigenvalue weighted by molar-refractivity contribution is 0.466. The molecule has 0 aliphatic rings. The standard InChI is InChI=1S/C16H29N3/c1-7-10-17-13(3)14-9-11-18-15(12-14)19(6)16(4,5)8-2/h9,11-13,17H,7-8,10H2,1-6H3. The van der Waals surface area contributed by atoms with Crippen LogP contribution in [0.2, 0.25) is 0 Å². The molecule has 1 atom stereocenters. The van der Waals surface area contributed by atoms with Crippen molar-refractivity contribution >= 4 is 5.82 Å². The Balaban J connectivity index is 2.88. The minimum atomic E-state index is 0.131. The molecule has 1 aromatic rings. The minimum absolute atomic E-state index is 0.131. The summed E-state index contributed by atoms with van der Waals surface area (Å²) in [4.78, 5) is 6.78. The summed E-state index contributed by atoms with van der Waals surface area (Å²) in [5.74, 6) is 1.05. The highest BCUT2D eigenvalue weighted by atomic mass is 15.2. The number of aromatic nitrogens is 1. The third kappa shape index (κ3) is 4.20. The summed E-state index contributed by atoms with van der Waals surface area (Å²) in [6.45, 7) is 12.2. The van der Waals surface area contributed by atoms with E-state index in [1.807, 2.05) is 6.20 Å². The van der Waals surface area contributed by atoms with Crippen LogP contribution in [0.4, 0.5) is 5.82 Å². The fourth-order valence-corrected chi connectivity index (χ4v) is 1.91. The molecule has 0 spiro atoms. The third-order valence-corrected chi connectivity index (χ3v) is 4.09. The Morgan fingerprint density at radius 3 is 2.63 bits per heavy atom. The topological polar surface area (TPSA) is 28.2 Å². The van der Waals surface area contributed by atoms with E-state index in [1.54, 1.807) is 0 Å². The van der Waals surface area contributed by atoms with Crippen LogP contribution < -0.4 is 10.2 Å². The first-order valence-corrected chi connectivity index (χ1v) is 7.35. The second-order valence-corrected chi connectivity index (χ2v) is 5.85. The maximum absolute atomic E-state index is 4.51. The molecule has 0 aliphatic heterocycles. The highest BCUT2D eigenvalue weighted by Gasteiger charge is 2.22. The Hall–Kier alpha value is -1.09. The summed E-state index contributed by atoms with van der Waals surface area (Å²) in [6.07, 6.45) is 4.17.